The molecule has 25 heavy (non-hydrogen) atoms. The van der Waals surface area contributed by atoms with Crippen molar-refractivity contribution in [2.24, 2.45) is 0 Å². The Morgan fingerprint density at radius 1 is 1.28 bits per heavy atom. The smallest absolute Gasteiger partial charge is 0.282 e. The van der Waals surface area contributed by atoms with Gasteiger partial charge in [0.1, 0.15) is 5.76 Å². The zero-order chi connectivity index (χ0) is 17.6. The Balaban J connectivity index is 1.45. The molecular formula is C17H20N4O3S. The monoisotopic (exact) mass is 360 g/mol. The molecule has 2 aliphatic rings. The number of carbonyl (C=O) groups excluding carboxylic acids is 2. The molecule has 1 fully saturated rings. The Kier molecular flexibility index (Phi) is 4.07. The van der Waals surface area contributed by atoms with Gasteiger partial charge in [0, 0.05) is 56.9 Å². The number of rotatable bonds is 3. The lowest BCUT2D eigenvalue weighted by atomic mass is 10.2. The van der Waals surface area contributed by atoms with Gasteiger partial charge in [0.05, 0.1) is 5.69 Å². The highest BCUT2D eigenvalue weighted by Crippen LogP contribution is 2.40. The normalized spacial score (nSPS) is 17.1. The largest absolute Gasteiger partial charge is 0.360 e. The number of carbonyl (C=O) groups is 2. The molecule has 2 amide bonds. The molecule has 1 saturated carbocycles. The van der Waals surface area contributed by atoms with Crippen LogP contribution in [0.5, 0.6) is 0 Å². The summed E-state index contributed by atoms with van der Waals surface area (Å²) in [5, 5.41) is 4.48. The van der Waals surface area contributed by atoms with E-state index in [1.807, 2.05) is 0 Å². The van der Waals surface area contributed by atoms with Gasteiger partial charge in [0.15, 0.2) is 10.7 Å². The first-order chi connectivity index (χ1) is 12.0. The lowest BCUT2D eigenvalue weighted by Gasteiger charge is -2.18. The molecule has 4 rings (SSSR count). The van der Waals surface area contributed by atoms with Crippen LogP contribution in [0.2, 0.25) is 0 Å². The van der Waals surface area contributed by atoms with Gasteiger partial charge in [-0.15, -0.1) is 11.3 Å². The number of hydrogen-bond donors (Lipinski definition) is 0. The van der Waals surface area contributed by atoms with Gasteiger partial charge in [-0.25, -0.2) is 4.98 Å². The predicted octanol–water partition coefficient (Wildman–Crippen LogP) is 1.95. The molecule has 3 heterocycles. The van der Waals surface area contributed by atoms with Crippen molar-refractivity contribution in [1.29, 1.82) is 0 Å². The molecule has 0 aromatic carbocycles. The number of hydrogen-bond acceptors (Lipinski definition) is 6. The second-order valence-corrected chi connectivity index (χ2v) is 7.85. The highest BCUT2D eigenvalue weighted by atomic mass is 32.1. The van der Waals surface area contributed by atoms with Gasteiger partial charge >= 0.3 is 0 Å². The van der Waals surface area contributed by atoms with Crippen LogP contribution in [0.1, 0.15) is 55.4 Å². The summed E-state index contributed by atoms with van der Waals surface area (Å²) in [5.41, 5.74) is 1.33. The van der Waals surface area contributed by atoms with Crippen LogP contribution in [-0.4, -0.2) is 58.9 Å². The Morgan fingerprint density at radius 3 is 2.76 bits per heavy atom. The van der Waals surface area contributed by atoms with Crippen LogP contribution >= 0.6 is 11.3 Å². The maximum atomic E-state index is 12.7. The number of thiazole rings is 1. The van der Waals surface area contributed by atoms with Gasteiger partial charge in [-0.3, -0.25) is 9.59 Å². The topological polar surface area (TPSA) is 79.5 Å². The van der Waals surface area contributed by atoms with E-state index in [-0.39, 0.29) is 11.8 Å². The lowest BCUT2D eigenvalue weighted by Crippen LogP contribution is -2.33. The second-order valence-electron chi connectivity index (χ2n) is 6.77. The molecule has 8 heteroatoms. The molecule has 1 aliphatic carbocycles. The summed E-state index contributed by atoms with van der Waals surface area (Å²) in [5.74, 6) is 1.12. The summed E-state index contributed by atoms with van der Waals surface area (Å²) in [6.45, 7) is 1.19. The van der Waals surface area contributed by atoms with E-state index in [1.165, 1.54) is 16.2 Å². The third-order valence-corrected chi connectivity index (χ3v) is 5.75. The highest BCUT2D eigenvalue weighted by molar-refractivity contribution is 7.13. The average Bonchev–Trinajstić information content (AvgIpc) is 3.25. The summed E-state index contributed by atoms with van der Waals surface area (Å²) >= 11 is 1.44. The van der Waals surface area contributed by atoms with E-state index >= 15 is 0 Å². The minimum atomic E-state index is -0.0876. The standard InChI is InChI=1S/C17H20N4O3S/c1-20(2)17(23)15-18-11-5-7-21(8-6-14(11)25-15)16(22)12-9-13(24-19-12)10-3-4-10/h9-10H,3-8H2,1-2H3. The van der Waals surface area contributed by atoms with Gasteiger partial charge in [0.2, 0.25) is 0 Å². The Hall–Kier alpha value is -2.22. The van der Waals surface area contributed by atoms with E-state index in [0.717, 1.165) is 29.2 Å². The van der Waals surface area contributed by atoms with Crippen molar-refractivity contribution in [3.8, 4) is 0 Å². The predicted molar refractivity (Wildman–Crippen MR) is 91.9 cm³/mol. The molecule has 0 spiro atoms. The van der Waals surface area contributed by atoms with Crippen LogP contribution in [0.25, 0.3) is 0 Å². The van der Waals surface area contributed by atoms with Crippen LogP contribution in [0.4, 0.5) is 0 Å². The van der Waals surface area contributed by atoms with Crippen LogP contribution in [0.15, 0.2) is 10.6 Å². The third-order valence-electron chi connectivity index (χ3n) is 4.61. The molecule has 132 valence electrons. The van der Waals surface area contributed by atoms with E-state index in [4.69, 9.17) is 4.52 Å². The summed E-state index contributed by atoms with van der Waals surface area (Å²) < 4.78 is 5.29. The quantitative estimate of drug-likeness (QED) is 0.836. The first-order valence-corrected chi connectivity index (χ1v) is 9.30. The van der Waals surface area contributed by atoms with Crippen molar-refractivity contribution in [2.45, 2.75) is 31.6 Å². The molecular weight excluding hydrogens is 340 g/mol. The van der Waals surface area contributed by atoms with Gasteiger partial charge in [-0.1, -0.05) is 5.16 Å². The van der Waals surface area contributed by atoms with E-state index in [0.29, 0.717) is 42.6 Å². The van der Waals surface area contributed by atoms with E-state index in [9.17, 15) is 9.59 Å². The van der Waals surface area contributed by atoms with E-state index < -0.39 is 0 Å². The van der Waals surface area contributed by atoms with E-state index in [2.05, 4.69) is 10.1 Å². The number of fused-ring (bicyclic) bond motifs is 1. The molecule has 0 radical (unpaired) electrons. The molecule has 2 aromatic heterocycles. The van der Waals surface area contributed by atoms with Gasteiger partial charge in [0.25, 0.3) is 11.8 Å². The summed E-state index contributed by atoms with van der Waals surface area (Å²) in [7, 11) is 3.45. The maximum absolute atomic E-state index is 12.7. The average molecular weight is 360 g/mol. The van der Waals surface area contributed by atoms with Crippen LogP contribution in [0.3, 0.4) is 0 Å². The molecule has 7 nitrogen and oxygen atoms in total. The molecule has 1 aliphatic heterocycles. The fourth-order valence-electron chi connectivity index (χ4n) is 2.96. The van der Waals surface area contributed by atoms with Crippen LogP contribution in [-0.2, 0) is 12.8 Å². The first-order valence-electron chi connectivity index (χ1n) is 8.49. The molecule has 0 saturated heterocycles. The Morgan fingerprint density at radius 2 is 2.04 bits per heavy atom. The van der Waals surface area contributed by atoms with Crippen molar-refractivity contribution in [3.05, 3.63) is 33.1 Å². The molecule has 0 bridgehead atoms. The zero-order valence-electron chi connectivity index (χ0n) is 14.3. The van der Waals surface area contributed by atoms with Crippen molar-refractivity contribution in [1.82, 2.24) is 19.9 Å². The number of amides is 2. The summed E-state index contributed by atoms with van der Waals surface area (Å²) in [6, 6.07) is 1.78. The molecule has 2 aromatic rings. The van der Waals surface area contributed by atoms with Crippen molar-refractivity contribution in [2.75, 3.05) is 27.2 Å². The lowest BCUT2D eigenvalue weighted by molar-refractivity contribution is 0.0751. The number of aromatic nitrogens is 2. The molecule has 0 atom stereocenters. The number of nitrogens with zero attached hydrogens (tertiary/aromatic N) is 4. The minimum absolute atomic E-state index is 0.0683. The van der Waals surface area contributed by atoms with Crippen molar-refractivity contribution < 1.29 is 14.1 Å². The van der Waals surface area contributed by atoms with Crippen LogP contribution < -0.4 is 0 Å². The highest BCUT2D eigenvalue weighted by Gasteiger charge is 2.30. The van der Waals surface area contributed by atoms with Crippen LogP contribution in [0, 0.1) is 0 Å². The van der Waals surface area contributed by atoms with E-state index in [1.54, 1.807) is 25.1 Å². The van der Waals surface area contributed by atoms with Crippen molar-refractivity contribution >= 4 is 23.2 Å². The van der Waals surface area contributed by atoms with Crippen molar-refractivity contribution in [3.63, 3.8) is 0 Å². The zero-order valence-corrected chi connectivity index (χ0v) is 15.1. The first kappa shape index (κ1) is 16.3. The minimum Gasteiger partial charge on any atom is -0.360 e. The maximum Gasteiger partial charge on any atom is 0.282 e. The summed E-state index contributed by atoms with van der Waals surface area (Å²) in [4.78, 5) is 33.7. The molecule has 0 unspecified atom stereocenters. The Bertz CT molecular complexity index is 796. The summed E-state index contributed by atoms with van der Waals surface area (Å²) in [6.07, 6.45) is 3.61. The SMILES string of the molecule is CN(C)C(=O)c1nc2c(s1)CCN(C(=O)c1cc(C3CC3)on1)CC2. The third kappa shape index (κ3) is 3.18. The fourth-order valence-corrected chi connectivity index (χ4v) is 4.08. The molecule has 0 N–H and O–H groups in total. The van der Waals surface area contributed by atoms with Gasteiger partial charge in [-0.2, -0.15) is 0 Å². The second kappa shape index (κ2) is 6.25. The fraction of sp³-hybridized carbons (Fsp3) is 0.529. The Labute approximate surface area is 149 Å². The van der Waals surface area contributed by atoms with Gasteiger partial charge < -0.3 is 14.3 Å². The van der Waals surface area contributed by atoms with Gasteiger partial charge in [-0.05, 0) is 12.8 Å².